The van der Waals surface area contributed by atoms with Gasteiger partial charge in [0.1, 0.15) is 5.75 Å². The molecule has 2 aliphatic rings. The number of sulfonamides is 1. The monoisotopic (exact) mass is 535 g/mol. The second-order valence-corrected chi connectivity index (χ2v) is 12.4. The van der Waals surface area contributed by atoms with E-state index in [4.69, 9.17) is 9.47 Å². The summed E-state index contributed by atoms with van der Waals surface area (Å²) in [5.74, 6) is -0.0606. The summed E-state index contributed by atoms with van der Waals surface area (Å²) in [5.41, 5.74) is 2.88. The van der Waals surface area contributed by atoms with E-state index in [2.05, 4.69) is 31.0 Å². The predicted octanol–water partition coefficient (Wildman–Crippen LogP) is 4.42. The molecule has 2 aliphatic heterocycles. The Bertz CT molecular complexity index is 1400. The maximum absolute atomic E-state index is 13.8. The molecule has 200 valence electrons. The van der Waals surface area contributed by atoms with Crippen LogP contribution in [-0.4, -0.2) is 53.3 Å². The average Bonchev–Trinajstić information content (AvgIpc) is 2.93. The Morgan fingerprint density at radius 2 is 1.63 bits per heavy atom. The SMILES string of the molecule is CC(C)(C)c1ccc2c(c1)N(S(=O)(=O)c1ccccc1)CC(C(=O)Nc1ccc(N3CCOCC3)cc1)O2. The van der Waals surface area contributed by atoms with Gasteiger partial charge in [0.25, 0.3) is 15.9 Å². The first-order chi connectivity index (χ1) is 18.1. The van der Waals surface area contributed by atoms with Crippen molar-refractivity contribution in [3.63, 3.8) is 0 Å². The first-order valence-corrected chi connectivity index (χ1v) is 14.2. The summed E-state index contributed by atoms with van der Waals surface area (Å²) in [5, 5.41) is 2.89. The molecular weight excluding hydrogens is 502 g/mol. The van der Waals surface area contributed by atoms with E-state index in [-0.39, 0.29) is 16.9 Å². The molecule has 0 saturated carbocycles. The van der Waals surface area contributed by atoms with E-state index in [1.165, 1.54) is 4.31 Å². The highest BCUT2D eigenvalue weighted by atomic mass is 32.2. The zero-order valence-corrected chi connectivity index (χ0v) is 22.7. The summed E-state index contributed by atoms with van der Waals surface area (Å²) >= 11 is 0. The molecule has 38 heavy (non-hydrogen) atoms. The highest BCUT2D eigenvalue weighted by Crippen LogP contribution is 2.40. The van der Waals surface area contributed by atoms with Crippen LogP contribution in [-0.2, 0) is 25.0 Å². The summed E-state index contributed by atoms with van der Waals surface area (Å²) in [4.78, 5) is 15.7. The van der Waals surface area contributed by atoms with Crippen LogP contribution >= 0.6 is 0 Å². The van der Waals surface area contributed by atoms with Gasteiger partial charge < -0.3 is 19.7 Å². The summed E-state index contributed by atoms with van der Waals surface area (Å²) < 4.78 is 40.3. The Morgan fingerprint density at radius 1 is 0.947 bits per heavy atom. The van der Waals surface area contributed by atoms with E-state index in [0.29, 0.717) is 30.3 Å². The molecule has 0 radical (unpaired) electrons. The third-order valence-corrected chi connectivity index (χ3v) is 8.62. The van der Waals surface area contributed by atoms with Crippen LogP contribution in [0.2, 0.25) is 0 Å². The van der Waals surface area contributed by atoms with Gasteiger partial charge >= 0.3 is 0 Å². The Labute approximate surface area is 224 Å². The number of ether oxygens (including phenoxy) is 2. The molecule has 1 fully saturated rings. The number of benzene rings is 3. The number of anilines is 3. The van der Waals surface area contributed by atoms with Gasteiger partial charge in [-0.15, -0.1) is 0 Å². The smallest absolute Gasteiger partial charge is 0.267 e. The van der Waals surface area contributed by atoms with Gasteiger partial charge in [0, 0.05) is 24.5 Å². The quantitative estimate of drug-likeness (QED) is 0.521. The van der Waals surface area contributed by atoms with Gasteiger partial charge in [-0.2, -0.15) is 0 Å². The molecule has 8 nitrogen and oxygen atoms in total. The van der Waals surface area contributed by atoms with Crippen LogP contribution in [0, 0.1) is 0 Å². The van der Waals surface area contributed by atoms with E-state index in [1.807, 2.05) is 36.4 Å². The summed E-state index contributed by atoms with van der Waals surface area (Å²) in [6, 6.07) is 21.4. The fraction of sp³-hybridized carbons (Fsp3) is 0.345. The standard InChI is InChI=1S/C29H33N3O5S/c1-29(2,3)21-9-14-26-25(19-21)32(38(34,35)24-7-5-4-6-8-24)20-27(37-26)28(33)30-22-10-12-23(13-11-22)31-15-17-36-18-16-31/h4-14,19,27H,15-18,20H2,1-3H3,(H,30,33). The fourth-order valence-corrected chi connectivity index (χ4v) is 6.09. The maximum Gasteiger partial charge on any atom is 0.267 e. The number of rotatable bonds is 5. The summed E-state index contributed by atoms with van der Waals surface area (Å²) in [6.07, 6.45) is -1.03. The maximum atomic E-state index is 13.8. The van der Waals surface area contributed by atoms with Gasteiger partial charge in [0.2, 0.25) is 0 Å². The lowest BCUT2D eigenvalue weighted by molar-refractivity contribution is -0.122. The van der Waals surface area contributed by atoms with Gasteiger partial charge in [-0.3, -0.25) is 9.10 Å². The molecule has 0 bridgehead atoms. The van der Waals surface area contributed by atoms with Crippen LogP contribution in [0.25, 0.3) is 0 Å². The second kappa shape index (κ2) is 10.3. The third kappa shape index (κ3) is 5.35. The molecule has 1 amide bonds. The fourth-order valence-electron chi connectivity index (χ4n) is 4.60. The molecule has 1 unspecified atom stereocenters. The molecule has 0 spiro atoms. The van der Waals surface area contributed by atoms with Crippen molar-refractivity contribution in [2.24, 2.45) is 0 Å². The number of nitrogens with zero attached hydrogens (tertiary/aromatic N) is 2. The number of nitrogens with one attached hydrogen (secondary N) is 1. The van der Waals surface area contributed by atoms with Crippen LogP contribution in [0.3, 0.4) is 0 Å². The number of fused-ring (bicyclic) bond motifs is 1. The van der Waals surface area contributed by atoms with Crippen molar-refractivity contribution in [2.75, 3.05) is 47.4 Å². The third-order valence-electron chi connectivity index (χ3n) is 6.83. The molecule has 1 saturated heterocycles. The number of carbonyl (C=O) groups is 1. The number of amides is 1. The average molecular weight is 536 g/mol. The molecule has 3 aromatic rings. The molecule has 3 aromatic carbocycles. The van der Waals surface area contributed by atoms with Crippen molar-refractivity contribution >= 4 is 33.0 Å². The number of hydrogen-bond acceptors (Lipinski definition) is 6. The Kier molecular flexibility index (Phi) is 7.07. The molecule has 2 heterocycles. The molecule has 0 aliphatic carbocycles. The summed E-state index contributed by atoms with van der Waals surface area (Å²) in [6.45, 7) is 9.08. The van der Waals surface area contributed by atoms with Crippen molar-refractivity contribution in [1.82, 2.24) is 0 Å². The lowest BCUT2D eigenvalue weighted by atomic mass is 9.86. The number of carbonyl (C=O) groups excluding carboxylic acids is 1. The minimum absolute atomic E-state index is 0.143. The molecule has 9 heteroatoms. The van der Waals surface area contributed by atoms with Crippen LogP contribution in [0.4, 0.5) is 17.1 Å². The zero-order chi connectivity index (χ0) is 26.9. The Hall–Kier alpha value is -3.56. The first kappa shape index (κ1) is 26.1. The van der Waals surface area contributed by atoms with Gasteiger partial charge in [-0.1, -0.05) is 45.0 Å². The van der Waals surface area contributed by atoms with E-state index >= 15 is 0 Å². The predicted molar refractivity (Wildman–Crippen MR) is 149 cm³/mol. The molecule has 1 N–H and O–H groups in total. The largest absolute Gasteiger partial charge is 0.476 e. The molecular formula is C29H33N3O5S. The highest BCUT2D eigenvalue weighted by Gasteiger charge is 2.38. The normalized spacial score (nSPS) is 17.9. The van der Waals surface area contributed by atoms with Gasteiger partial charge in [-0.05, 0) is 59.5 Å². The minimum Gasteiger partial charge on any atom is -0.476 e. The van der Waals surface area contributed by atoms with E-state index in [1.54, 1.807) is 36.4 Å². The van der Waals surface area contributed by atoms with Gasteiger partial charge in [0.15, 0.2) is 6.10 Å². The van der Waals surface area contributed by atoms with Crippen LogP contribution in [0.5, 0.6) is 5.75 Å². The number of hydrogen-bond donors (Lipinski definition) is 1. The van der Waals surface area contributed by atoms with Crippen molar-refractivity contribution in [3.8, 4) is 5.75 Å². The van der Waals surface area contributed by atoms with Crippen molar-refractivity contribution in [2.45, 2.75) is 37.2 Å². The van der Waals surface area contributed by atoms with E-state index < -0.39 is 22.0 Å². The molecule has 5 rings (SSSR count). The van der Waals surface area contributed by atoms with Crippen molar-refractivity contribution < 1.29 is 22.7 Å². The van der Waals surface area contributed by atoms with Crippen LogP contribution in [0.15, 0.2) is 77.7 Å². The van der Waals surface area contributed by atoms with Crippen LogP contribution < -0.4 is 19.3 Å². The minimum atomic E-state index is -3.94. The van der Waals surface area contributed by atoms with E-state index in [0.717, 1.165) is 24.3 Å². The molecule has 0 aromatic heterocycles. The van der Waals surface area contributed by atoms with Gasteiger partial charge in [0.05, 0.1) is 30.3 Å². The second-order valence-electron chi connectivity index (χ2n) is 10.5. The molecule has 1 atom stereocenters. The van der Waals surface area contributed by atoms with Crippen molar-refractivity contribution in [1.29, 1.82) is 0 Å². The first-order valence-electron chi connectivity index (χ1n) is 12.8. The van der Waals surface area contributed by atoms with Crippen LogP contribution in [0.1, 0.15) is 26.3 Å². The van der Waals surface area contributed by atoms with E-state index in [9.17, 15) is 13.2 Å². The topological polar surface area (TPSA) is 88.2 Å². The lowest BCUT2D eigenvalue weighted by Gasteiger charge is -2.36. The lowest BCUT2D eigenvalue weighted by Crippen LogP contribution is -2.49. The zero-order valence-electron chi connectivity index (χ0n) is 21.9. The highest BCUT2D eigenvalue weighted by molar-refractivity contribution is 7.92. The number of morpholine rings is 1. The summed E-state index contributed by atoms with van der Waals surface area (Å²) in [7, 11) is -3.94. The Morgan fingerprint density at radius 3 is 2.29 bits per heavy atom. The van der Waals surface area contributed by atoms with Crippen molar-refractivity contribution in [3.05, 3.63) is 78.4 Å². The Balaban J connectivity index is 1.41. The van der Waals surface area contributed by atoms with Gasteiger partial charge in [-0.25, -0.2) is 8.42 Å².